The Labute approximate surface area is 165 Å². The van der Waals surface area contributed by atoms with Crippen LogP contribution in [-0.2, 0) is 0 Å². The van der Waals surface area contributed by atoms with Gasteiger partial charge in [-0.2, -0.15) is 15.0 Å². The van der Waals surface area contributed by atoms with Crippen molar-refractivity contribution in [3.63, 3.8) is 0 Å². The second-order valence-electron chi connectivity index (χ2n) is 5.82. The normalized spacial score (nSPS) is 12.0. The third-order valence-corrected chi connectivity index (χ3v) is 4.78. The molecule has 0 radical (unpaired) electrons. The zero-order chi connectivity index (χ0) is 19.6. The molecule has 1 aromatic carbocycles. The van der Waals surface area contributed by atoms with Crippen molar-refractivity contribution >= 4 is 35.3 Å². The molecule has 0 saturated heterocycles. The summed E-state index contributed by atoms with van der Waals surface area (Å²) in [5.41, 5.74) is 6.53. The largest absolute Gasteiger partial charge is 0.496 e. The highest BCUT2D eigenvalue weighted by Gasteiger charge is 2.18. The summed E-state index contributed by atoms with van der Waals surface area (Å²) in [4.78, 5) is 19.0. The molecular weight excluding hydrogens is 388 g/mol. The lowest BCUT2D eigenvalue weighted by Gasteiger charge is -2.13. The molecule has 0 bridgehead atoms. The van der Waals surface area contributed by atoms with Gasteiger partial charge in [0.05, 0.1) is 17.9 Å². The molecule has 9 nitrogen and oxygen atoms in total. The summed E-state index contributed by atoms with van der Waals surface area (Å²) in [5, 5.41) is 8.18. The molecule has 11 heteroatoms. The number of hydrogen-bond acceptors (Lipinski definition) is 9. The number of H-pyrrole nitrogens is 1. The lowest BCUT2D eigenvalue weighted by Crippen LogP contribution is -2.16. The molecule has 0 amide bonds. The minimum absolute atomic E-state index is 0.126. The molecule has 3 aromatic rings. The van der Waals surface area contributed by atoms with Crippen molar-refractivity contribution in [3.8, 4) is 17.1 Å². The number of anilines is 2. The lowest BCUT2D eigenvalue weighted by atomic mass is 10.2. The number of nitrogen functional groups attached to an aromatic ring is 1. The molecule has 2 heterocycles. The van der Waals surface area contributed by atoms with E-state index < -0.39 is 0 Å². The Hall–Kier alpha value is -2.59. The highest BCUT2D eigenvalue weighted by atomic mass is 35.5. The van der Waals surface area contributed by atoms with Crippen LogP contribution < -0.4 is 15.4 Å². The maximum atomic E-state index is 6.09. The van der Waals surface area contributed by atoms with Gasteiger partial charge in [0.15, 0.2) is 5.82 Å². The third-order valence-electron chi connectivity index (χ3n) is 3.59. The molecule has 0 unspecified atom stereocenters. The van der Waals surface area contributed by atoms with Crippen LogP contribution in [-0.4, -0.2) is 51.3 Å². The highest BCUT2D eigenvalue weighted by Crippen LogP contribution is 2.34. The third kappa shape index (κ3) is 4.40. The van der Waals surface area contributed by atoms with Crippen LogP contribution >= 0.6 is 23.4 Å². The van der Waals surface area contributed by atoms with Crippen LogP contribution in [0.4, 0.5) is 11.9 Å². The van der Waals surface area contributed by atoms with Crippen LogP contribution in [0, 0.1) is 0 Å². The van der Waals surface area contributed by atoms with Gasteiger partial charge in [0.1, 0.15) is 11.6 Å². The minimum atomic E-state index is -0.126. The number of aromatic amines is 1. The number of nitrogens with zero attached hydrogens (tertiary/aromatic N) is 6. The Kier molecular flexibility index (Phi) is 5.66. The molecule has 1 atom stereocenters. The average Bonchev–Trinajstić information content (AvgIpc) is 3.09. The standard InChI is InChI=1S/C16H19ClN8OS/c1-8(12-19-14(18)22-15(20-12)25(2)3)27-16-21-13(23-24-16)10-7-9(17)5-6-11(10)26-4/h5-8H,1-4H3,(H,21,23,24)(H2,18,19,20,22)/t8-/m1/s1. The van der Waals surface area contributed by atoms with Crippen LogP contribution in [0.3, 0.4) is 0 Å². The zero-order valence-electron chi connectivity index (χ0n) is 15.3. The Morgan fingerprint density at radius 3 is 2.70 bits per heavy atom. The number of benzene rings is 1. The fourth-order valence-corrected chi connectivity index (χ4v) is 3.22. The van der Waals surface area contributed by atoms with E-state index in [2.05, 4.69) is 30.1 Å². The highest BCUT2D eigenvalue weighted by molar-refractivity contribution is 7.99. The minimum Gasteiger partial charge on any atom is -0.496 e. The zero-order valence-corrected chi connectivity index (χ0v) is 16.8. The van der Waals surface area contributed by atoms with Crippen LogP contribution in [0.1, 0.15) is 18.0 Å². The molecule has 3 N–H and O–H groups in total. The van der Waals surface area contributed by atoms with E-state index in [1.165, 1.54) is 11.8 Å². The second-order valence-corrected chi connectivity index (χ2v) is 7.56. The van der Waals surface area contributed by atoms with Crippen LogP contribution in [0.15, 0.2) is 23.4 Å². The van der Waals surface area contributed by atoms with E-state index in [0.717, 1.165) is 5.56 Å². The van der Waals surface area contributed by atoms with E-state index >= 15 is 0 Å². The summed E-state index contributed by atoms with van der Waals surface area (Å²) in [7, 11) is 5.28. The number of rotatable bonds is 6. The summed E-state index contributed by atoms with van der Waals surface area (Å²) in [5.74, 6) is 2.46. The smallest absolute Gasteiger partial charge is 0.229 e. The van der Waals surface area contributed by atoms with Crippen molar-refractivity contribution in [1.82, 2.24) is 30.1 Å². The van der Waals surface area contributed by atoms with Crippen molar-refractivity contribution in [1.29, 1.82) is 0 Å². The Morgan fingerprint density at radius 2 is 2.00 bits per heavy atom. The van der Waals surface area contributed by atoms with E-state index in [1.807, 2.05) is 21.0 Å². The van der Waals surface area contributed by atoms with E-state index in [4.69, 9.17) is 22.1 Å². The number of nitrogens with one attached hydrogen (secondary N) is 1. The predicted octanol–water partition coefficient (Wildman–Crippen LogP) is 2.82. The molecule has 2 aromatic heterocycles. The van der Waals surface area contributed by atoms with Gasteiger partial charge in [-0.25, -0.2) is 4.98 Å². The summed E-state index contributed by atoms with van der Waals surface area (Å²) >= 11 is 7.49. The number of ether oxygens (including phenoxy) is 1. The number of thioether (sulfide) groups is 1. The van der Waals surface area contributed by atoms with E-state index in [1.54, 1.807) is 30.2 Å². The predicted molar refractivity (Wildman–Crippen MR) is 106 cm³/mol. The first-order chi connectivity index (χ1) is 12.9. The van der Waals surface area contributed by atoms with Gasteiger partial charge < -0.3 is 15.4 Å². The van der Waals surface area contributed by atoms with Gasteiger partial charge in [-0.05, 0) is 25.1 Å². The number of methoxy groups -OCH3 is 1. The molecule has 0 fully saturated rings. The first-order valence-corrected chi connectivity index (χ1v) is 9.25. The quantitative estimate of drug-likeness (QED) is 0.595. The van der Waals surface area contributed by atoms with Gasteiger partial charge in [0.25, 0.3) is 0 Å². The van der Waals surface area contributed by atoms with Crippen molar-refractivity contribution in [2.24, 2.45) is 0 Å². The van der Waals surface area contributed by atoms with E-state index in [9.17, 15) is 0 Å². The van der Waals surface area contributed by atoms with Gasteiger partial charge >= 0.3 is 0 Å². The molecule has 0 spiro atoms. The van der Waals surface area contributed by atoms with Crippen molar-refractivity contribution < 1.29 is 4.74 Å². The number of aromatic nitrogens is 6. The van der Waals surface area contributed by atoms with Crippen molar-refractivity contribution in [2.45, 2.75) is 17.3 Å². The number of halogens is 1. The number of nitrogens with two attached hydrogens (primary N) is 1. The summed E-state index contributed by atoms with van der Waals surface area (Å²) < 4.78 is 5.36. The van der Waals surface area contributed by atoms with Crippen molar-refractivity contribution in [2.75, 3.05) is 31.8 Å². The molecule has 3 rings (SSSR count). The summed E-state index contributed by atoms with van der Waals surface area (Å²) in [6, 6.07) is 5.31. The Balaban J connectivity index is 1.83. The van der Waals surface area contributed by atoms with Gasteiger partial charge in [0, 0.05) is 19.1 Å². The number of hydrogen-bond donors (Lipinski definition) is 2. The molecular formula is C16H19ClN8OS. The SMILES string of the molecule is COc1ccc(Cl)cc1-c1nc(S[C@H](C)c2nc(N)nc(N(C)C)n2)n[nH]1. The lowest BCUT2D eigenvalue weighted by molar-refractivity contribution is 0.416. The van der Waals surface area contributed by atoms with Crippen LogP contribution in [0.25, 0.3) is 11.4 Å². The first-order valence-electron chi connectivity index (χ1n) is 7.99. The molecule has 27 heavy (non-hydrogen) atoms. The van der Waals surface area contributed by atoms with Gasteiger partial charge in [0.2, 0.25) is 17.1 Å². The van der Waals surface area contributed by atoms with E-state index in [-0.39, 0.29) is 11.2 Å². The maximum Gasteiger partial charge on any atom is 0.229 e. The van der Waals surface area contributed by atoms with Crippen LogP contribution in [0.5, 0.6) is 5.75 Å². The Bertz CT molecular complexity index is 948. The van der Waals surface area contributed by atoms with Gasteiger partial charge in [-0.15, -0.1) is 5.10 Å². The first kappa shape index (κ1) is 19.2. The van der Waals surface area contributed by atoms with Gasteiger partial charge in [-0.3, -0.25) is 5.10 Å². The van der Waals surface area contributed by atoms with Crippen molar-refractivity contribution in [3.05, 3.63) is 29.0 Å². The van der Waals surface area contributed by atoms with Gasteiger partial charge in [-0.1, -0.05) is 23.4 Å². The fourth-order valence-electron chi connectivity index (χ4n) is 2.27. The topological polar surface area (TPSA) is 119 Å². The fraction of sp³-hybridized carbons (Fsp3) is 0.312. The maximum absolute atomic E-state index is 6.09. The van der Waals surface area contributed by atoms with Crippen LogP contribution in [0.2, 0.25) is 5.02 Å². The molecule has 142 valence electrons. The Morgan fingerprint density at radius 1 is 1.22 bits per heavy atom. The average molecular weight is 407 g/mol. The summed E-state index contributed by atoms with van der Waals surface area (Å²) in [6.07, 6.45) is 0. The molecule has 0 aliphatic carbocycles. The monoisotopic (exact) mass is 406 g/mol. The molecule has 0 aliphatic heterocycles. The molecule has 0 aliphatic rings. The van der Waals surface area contributed by atoms with E-state index in [0.29, 0.717) is 33.5 Å². The second kappa shape index (κ2) is 7.97. The molecule has 0 saturated carbocycles. The summed E-state index contributed by atoms with van der Waals surface area (Å²) in [6.45, 7) is 1.95.